The maximum absolute atomic E-state index is 12.7. The van der Waals surface area contributed by atoms with Crippen molar-refractivity contribution < 1.29 is 4.79 Å². The zero-order valence-corrected chi connectivity index (χ0v) is 14.7. The molecule has 3 aromatic heterocycles. The second kappa shape index (κ2) is 6.02. The van der Waals surface area contributed by atoms with E-state index in [9.17, 15) is 4.79 Å². The van der Waals surface area contributed by atoms with Crippen molar-refractivity contribution in [3.8, 4) is 0 Å². The molecule has 0 aliphatic carbocycles. The Morgan fingerprint density at radius 1 is 1.42 bits per heavy atom. The van der Waals surface area contributed by atoms with E-state index < -0.39 is 0 Å². The van der Waals surface area contributed by atoms with Gasteiger partial charge in [-0.25, -0.2) is 9.97 Å². The van der Waals surface area contributed by atoms with Crippen LogP contribution in [0.5, 0.6) is 0 Å². The minimum Gasteiger partial charge on any atom is -0.337 e. The molecule has 1 unspecified atom stereocenters. The van der Waals surface area contributed by atoms with Crippen LogP contribution in [0.15, 0.2) is 29.8 Å². The smallest absolute Gasteiger partial charge is 0.264 e. The van der Waals surface area contributed by atoms with Crippen molar-refractivity contribution in [1.82, 2.24) is 19.4 Å². The number of aryl methyl sites for hydroxylation is 2. The van der Waals surface area contributed by atoms with Crippen molar-refractivity contribution in [1.29, 1.82) is 0 Å². The summed E-state index contributed by atoms with van der Waals surface area (Å²) < 4.78 is 2.18. The average Bonchev–Trinajstić information content (AvgIpc) is 3.31. The molecular formula is C18H20N4OS. The maximum atomic E-state index is 12.7. The summed E-state index contributed by atoms with van der Waals surface area (Å²) >= 11 is 1.53. The molecule has 1 saturated heterocycles. The van der Waals surface area contributed by atoms with E-state index in [4.69, 9.17) is 4.98 Å². The molecule has 0 bridgehead atoms. The highest BCUT2D eigenvalue weighted by Gasteiger charge is 2.32. The number of amides is 1. The first-order valence-electron chi connectivity index (χ1n) is 8.33. The molecule has 0 radical (unpaired) electrons. The summed E-state index contributed by atoms with van der Waals surface area (Å²) in [4.78, 5) is 24.8. The van der Waals surface area contributed by atoms with Crippen LogP contribution in [0.4, 0.5) is 0 Å². The molecule has 3 aromatic rings. The molecule has 124 valence electrons. The highest BCUT2D eigenvalue weighted by atomic mass is 32.1. The van der Waals surface area contributed by atoms with Gasteiger partial charge in [-0.2, -0.15) is 0 Å². The van der Waals surface area contributed by atoms with Crippen LogP contribution >= 0.6 is 11.3 Å². The summed E-state index contributed by atoms with van der Waals surface area (Å²) in [5, 5.41) is 1.98. The minimum absolute atomic E-state index is 0.155. The number of hydrogen-bond acceptors (Lipinski definition) is 4. The summed E-state index contributed by atoms with van der Waals surface area (Å²) in [5.41, 5.74) is 2.94. The third kappa shape index (κ3) is 2.41. The molecule has 1 atom stereocenters. The zero-order chi connectivity index (χ0) is 16.7. The number of hydrogen-bond donors (Lipinski definition) is 0. The van der Waals surface area contributed by atoms with Crippen LogP contribution in [0.3, 0.4) is 0 Å². The van der Waals surface area contributed by atoms with Crippen LogP contribution in [-0.2, 0) is 6.54 Å². The molecule has 5 nitrogen and oxygen atoms in total. The first-order chi connectivity index (χ1) is 11.7. The van der Waals surface area contributed by atoms with Gasteiger partial charge in [0.25, 0.3) is 5.91 Å². The number of imidazole rings is 1. The molecule has 1 aliphatic rings. The predicted molar refractivity (Wildman–Crippen MR) is 95.5 cm³/mol. The Bertz CT molecular complexity index is 897. The minimum atomic E-state index is 0.155. The standard InChI is InChI=1S/C18H20N4OS/c1-3-22-16(20-14-5-4-8-19-17(14)22)13-6-9-21(11-13)18(23)15-12(2)7-10-24-15/h4-5,7-8,10,13H,3,6,9,11H2,1-2H3. The fourth-order valence-electron chi connectivity index (χ4n) is 3.49. The Morgan fingerprint density at radius 3 is 3.04 bits per heavy atom. The Kier molecular flexibility index (Phi) is 3.84. The SMILES string of the molecule is CCn1c(C2CCN(C(=O)c3sccc3C)C2)nc2cccnc21. The number of likely N-dealkylation sites (tertiary alicyclic amines) is 1. The Labute approximate surface area is 145 Å². The monoisotopic (exact) mass is 340 g/mol. The topological polar surface area (TPSA) is 51.0 Å². The lowest BCUT2D eigenvalue weighted by molar-refractivity contribution is 0.0794. The largest absolute Gasteiger partial charge is 0.337 e. The van der Waals surface area contributed by atoms with E-state index in [1.807, 2.05) is 41.6 Å². The van der Waals surface area contributed by atoms with E-state index in [0.717, 1.165) is 53.5 Å². The van der Waals surface area contributed by atoms with Crippen LogP contribution < -0.4 is 0 Å². The molecule has 0 N–H and O–H groups in total. The van der Waals surface area contributed by atoms with Crippen molar-refractivity contribution in [2.45, 2.75) is 32.7 Å². The first-order valence-corrected chi connectivity index (χ1v) is 9.21. The predicted octanol–water partition coefficient (Wildman–Crippen LogP) is 3.45. The van der Waals surface area contributed by atoms with Gasteiger partial charge in [-0.1, -0.05) is 0 Å². The highest BCUT2D eigenvalue weighted by molar-refractivity contribution is 7.12. The maximum Gasteiger partial charge on any atom is 0.264 e. The molecule has 4 heterocycles. The van der Waals surface area contributed by atoms with Crippen LogP contribution in [-0.4, -0.2) is 38.4 Å². The van der Waals surface area contributed by atoms with Crippen molar-refractivity contribution in [3.05, 3.63) is 46.0 Å². The molecular weight excluding hydrogens is 320 g/mol. The van der Waals surface area contributed by atoms with E-state index in [-0.39, 0.29) is 11.8 Å². The normalized spacial score (nSPS) is 17.8. The summed E-state index contributed by atoms with van der Waals surface area (Å²) in [5.74, 6) is 1.50. The van der Waals surface area contributed by atoms with Gasteiger partial charge in [0.2, 0.25) is 0 Å². The van der Waals surface area contributed by atoms with Gasteiger partial charge in [-0.05, 0) is 49.4 Å². The van der Waals surface area contributed by atoms with Crippen molar-refractivity contribution >= 4 is 28.4 Å². The van der Waals surface area contributed by atoms with E-state index in [1.165, 1.54) is 11.3 Å². The quantitative estimate of drug-likeness (QED) is 0.734. The van der Waals surface area contributed by atoms with Gasteiger partial charge < -0.3 is 9.47 Å². The van der Waals surface area contributed by atoms with Crippen LogP contribution in [0.2, 0.25) is 0 Å². The molecule has 6 heteroatoms. The van der Waals surface area contributed by atoms with Crippen molar-refractivity contribution in [3.63, 3.8) is 0 Å². The van der Waals surface area contributed by atoms with Gasteiger partial charge >= 0.3 is 0 Å². The van der Waals surface area contributed by atoms with Crippen LogP contribution in [0.1, 0.15) is 40.3 Å². The number of carbonyl (C=O) groups excluding carboxylic acids is 1. The molecule has 4 rings (SSSR count). The Hall–Kier alpha value is -2.21. The number of fused-ring (bicyclic) bond motifs is 1. The molecule has 1 amide bonds. The fourth-order valence-corrected chi connectivity index (χ4v) is 4.38. The first kappa shape index (κ1) is 15.3. The summed E-state index contributed by atoms with van der Waals surface area (Å²) in [7, 11) is 0. The van der Waals surface area contributed by atoms with E-state index in [2.05, 4.69) is 16.5 Å². The van der Waals surface area contributed by atoms with Gasteiger partial charge in [0.05, 0.1) is 4.88 Å². The number of carbonyl (C=O) groups is 1. The number of nitrogens with zero attached hydrogens (tertiary/aromatic N) is 4. The lowest BCUT2D eigenvalue weighted by Gasteiger charge is -2.16. The average molecular weight is 340 g/mol. The molecule has 0 aromatic carbocycles. The van der Waals surface area contributed by atoms with E-state index >= 15 is 0 Å². The van der Waals surface area contributed by atoms with E-state index in [1.54, 1.807) is 0 Å². The third-order valence-electron chi connectivity index (χ3n) is 4.75. The summed E-state index contributed by atoms with van der Waals surface area (Å²) in [6, 6.07) is 5.93. The highest BCUT2D eigenvalue weighted by Crippen LogP contribution is 2.30. The summed E-state index contributed by atoms with van der Waals surface area (Å²) in [6.07, 6.45) is 2.77. The number of aromatic nitrogens is 3. The Morgan fingerprint density at radius 2 is 2.29 bits per heavy atom. The lowest BCUT2D eigenvalue weighted by Crippen LogP contribution is -2.28. The van der Waals surface area contributed by atoms with Gasteiger partial charge in [0, 0.05) is 31.7 Å². The van der Waals surface area contributed by atoms with Crippen molar-refractivity contribution in [2.75, 3.05) is 13.1 Å². The molecule has 0 spiro atoms. The number of pyridine rings is 1. The second-order valence-electron chi connectivity index (χ2n) is 6.23. The zero-order valence-electron chi connectivity index (χ0n) is 13.9. The van der Waals surface area contributed by atoms with Crippen LogP contribution in [0.25, 0.3) is 11.2 Å². The molecule has 24 heavy (non-hydrogen) atoms. The third-order valence-corrected chi connectivity index (χ3v) is 5.75. The molecule has 1 aliphatic heterocycles. The van der Waals surface area contributed by atoms with Gasteiger partial charge in [-0.3, -0.25) is 4.79 Å². The van der Waals surface area contributed by atoms with E-state index in [0.29, 0.717) is 0 Å². The second-order valence-corrected chi connectivity index (χ2v) is 7.15. The van der Waals surface area contributed by atoms with Crippen LogP contribution in [0, 0.1) is 6.92 Å². The van der Waals surface area contributed by atoms with Gasteiger partial charge in [0.1, 0.15) is 11.3 Å². The number of thiophene rings is 1. The fraction of sp³-hybridized carbons (Fsp3) is 0.389. The Balaban J connectivity index is 1.61. The molecule has 0 saturated carbocycles. The summed E-state index contributed by atoms with van der Waals surface area (Å²) in [6.45, 7) is 6.49. The number of rotatable bonds is 3. The van der Waals surface area contributed by atoms with Gasteiger partial charge in [-0.15, -0.1) is 11.3 Å². The van der Waals surface area contributed by atoms with Gasteiger partial charge in [0.15, 0.2) is 5.65 Å². The molecule has 1 fully saturated rings. The van der Waals surface area contributed by atoms with Crippen molar-refractivity contribution in [2.24, 2.45) is 0 Å². The lowest BCUT2D eigenvalue weighted by atomic mass is 10.1.